The minimum Gasteiger partial charge on any atom is -0.478 e. The molecule has 7 heteroatoms. The van der Waals surface area contributed by atoms with Crippen LogP contribution >= 0.6 is 11.6 Å². The number of pyridine rings is 1. The summed E-state index contributed by atoms with van der Waals surface area (Å²) in [6, 6.07) is 3.45. The number of aromatic nitrogens is 1. The average molecular weight is 384 g/mol. The Morgan fingerprint density at radius 1 is 1.38 bits per heavy atom. The van der Waals surface area contributed by atoms with Gasteiger partial charge in [-0.05, 0) is 38.7 Å². The molecule has 1 saturated heterocycles. The van der Waals surface area contributed by atoms with Gasteiger partial charge in [-0.3, -0.25) is 4.79 Å². The molecular weight excluding hydrogens is 354 g/mol. The van der Waals surface area contributed by atoms with Gasteiger partial charge >= 0.3 is 0 Å². The van der Waals surface area contributed by atoms with Crippen LogP contribution in [0.15, 0.2) is 12.1 Å². The number of hydrogen-bond donors (Lipinski definition) is 1. The standard InChI is InChI=1S/C19H30ClN3O3/c1-4-25-12-6-10-23-11-9-16(14(3)13-23)21-19(24)18-15(20)7-8-17(22-18)26-5-2/h7-8,14,16H,4-6,9-13H2,1-3H3,(H,21,24). The number of amides is 1. The third kappa shape index (κ3) is 6.11. The molecule has 1 N–H and O–H groups in total. The van der Waals surface area contributed by atoms with Crippen molar-refractivity contribution in [2.24, 2.45) is 5.92 Å². The van der Waals surface area contributed by atoms with Crippen LogP contribution in [0.3, 0.4) is 0 Å². The zero-order valence-electron chi connectivity index (χ0n) is 16.0. The minimum atomic E-state index is -0.238. The van der Waals surface area contributed by atoms with Crippen molar-refractivity contribution in [3.63, 3.8) is 0 Å². The highest BCUT2D eigenvalue weighted by Crippen LogP contribution is 2.21. The fourth-order valence-corrected chi connectivity index (χ4v) is 3.42. The van der Waals surface area contributed by atoms with Crippen molar-refractivity contribution in [2.45, 2.75) is 39.7 Å². The van der Waals surface area contributed by atoms with Crippen molar-refractivity contribution in [3.8, 4) is 5.88 Å². The molecule has 1 aromatic heterocycles. The lowest BCUT2D eigenvalue weighted by molar-refractivity contribution is 0.0838. The van der Waals surface area contributed by atoms with Crippen molar-refractivity contribution in [3.05, 3.63) is 22.8 Å². The van der Waals surface area contributed by atoms with Gasteiger partial charge in [-0.25, -0.2) is 4.98 Å². The van der Waals surface area contributed by atoms with Gasteiger partial charge < -0.3 is 19.7 Å². The van der Waals surface area contributed by atoms with Crippen LogP contribution in [0, 0.1) is 5.92 Å². The molecular formula is C19H30ClN3O3. The van der Waals surface area contributed by atoms with Crippen molar-refractivity contribution in [1.29, 1.82) is 0 Å². The number of likely N-dealkylation sites (tertiary alicyclic amines) is 1. The molecule has 2 atom stereocenters. The van der Waals surface area contributed by atoms with E-state index in [9.17, 15) is 4.79 Å². The van der Waals surface area contributed by atoms with Gasteiger partial charge in [-0.15, -0.1) is 0 Å². The van der Waals surface area contributed by atoms with E-state index in [1.807, 2.05) is 13.8 Å². The van der Waals surface area contributed by atoms with Gasteiger partial charge in [-0.2, -0.15) is 0 Å². The molecule has 2 unspecified atom stereocenters. The quantitative estimate of drug-likeness (QED) is 0.664. The number of nitrogens with one attached hydrogen (secondary N) is 1. The van der Waals surface area contributed by atoms with Gasteiger partial charge in [0.1, 0.15) is 0 Å². The van der Waals surface area contributed by atoms with Gasteiger partial charge in [0.05, 0.1) is 11.6 Å². The first kappa shape index (κ1) is 20.9. The molecule has 1 amide bonds. The van der Waals surface area contributed by atoms with E-state index in [0.717, 1.165) is 45.7 Å². The molecule has 0 saturated carbocycles. The minimum absolute atomic E-state index is 0.124. The number of halogens is 1. The fourth-order valence-electron chi connectivity index (χ4n) is 3.23. The third-order valence-corrected chi connectivity index (χ3v) is 4.91. The summed E-state index contributed by atoms with van der Waals surface area (Å²) in [7, 11) is 0. The van der Waals surface area contributed by atoms with Crippen LogP contribution in [-0.2, 0) is 4.74 Å². The first-order valence-corrected chi connectivity index (χ1v) is 9.83. The molecule has 0 bridgehead atoms. The zero-order chi connectivity index (χ0) is 18.9. The van der Waals surface area contributed by atoms with Gasteiger partial charge in [0.15, 0.2) is 5.69 Å². The number of piperidine rings is 1. The van der Waals surface area contributed by atoms with E-state index in [-0.39, 0.29) is 17.6 Å². The summed E-state index contributed by atoms with van der Waals surface area (Å²) in [5.41, 5.74) is 0.226. The molecule has 0 aromatic carbocycles. The van der Waals surface area contributed by atoms with E-state index < -0.39 is 0 Å². The molecule has 1 aliphatic rings. The first-order chi connectivity index (χ1) is 12.5. The largest absolute Gasteiger partial charge is 0.478 e. The molecule has 2 rings (SSSR count). The molecule has 0 radical (unpaired) electrons. The highest BCUT2D eigenvalue weighted by Gasteiger charge is 2.28. The summed E-state index contributed by atoms with van der Waals surface area (Å²) >= 11 is 6.15. The number of carbonyl (C=O) groups excluding carboxylic acids is 1. The Balaban J connectivity index is 1.87. The Kier molecular flexibility index (Phi) is 8.62. The summed E-state index contributed by atoms with van der Waals surface area (Å²) in [5.74, 6) is 0.547. The number of rotatable bonds is 9. The van der Waals surface area contributed by atoms with Crippen LogP contribution in [0.2, 0.25) is 5.02 Å². The third-order valence-electron chi connectivity index (χ3n) is 4.60. The lowest BCUT2D eigenvalue weighted by Crippen LogP contribution is -2.50. The summed E-state index contributed by atoms with van der Waals surface area (Å²) in [6.07, 6.45) is 1.96. The molecule has 26 heavy (non-hydrogen) atoms. The number of carbonyl (C=O) groups is 1. The SMILES string of the molecule is CCOCCCN1CCC(NC(=O)c2nc(OCC)ccc2Cl)C(C)C1. The van der Waals surface area contributed by atoms with Gasteiger partial charge in [0.2, 0.25) is 5.88 Å². The molecule has 1 aromatic rings. The van der Waals surface area contributed by atoms with E-state index in [1.165, 1.54) is 0 Å². The second-order valence-corrected chi connectivity index (χ2v) is 7.02. The van der Waals surface area contributed by atoms with E-state index in [1.54, 1.807) is 12.1 Å². The lowest BCUT2D eigenvalue weighted by atomic mass is 9.93. The zero-order valence-corrected chi connectivity index (χ0v) is 16.7. The summed E-state index contributed by atoms with van der Waals surface area (Å²) in [5, 5.41) is 3.44. The predicted molar refractivity (Wildman–Crippen MR) is 103 cm³/mol. The van der Waals surface area contributed by atoms with Crippen LogP contribution in [0.5, 0.6) is 5.88 Å². The van der Waals surface area contributed by atoms with Crippen LogP contribution < -0.4 is 10.1 Å². The number of hydrogen-bond acceptors (Lipinski definition) is 5. The monoisotopic (exact) mass is 383 g/mol. The van der Waals surface area contributed by atoms with E-state index in [4.69, 9.17) is 21.1 Å². The van der Waals surface area contributed by atoms with Gasteiger partial charge in [0.25, 0.3) is 5.91 Å². The van der Waals surface area contributed by atoms with E-state index in [2.05, 4.69) is 22.1 Å². The smallest absolute Gasteiger partial charge is 0.271 e. The summed E-state index contributed by atoms with van der Waals surface area (Å²) in [4.78, 5) is 19.3. The lowest BCUT2D eigenvalue weighted by Gasteiger charge is -2.37. The van der Waals surface area contributed by atoms with Crippen molar-refractivity contribution in [2.75, 3.05) is 39.5 Å². The Labute approximate surface area is 161 Å². The Morgan fingerprint density at radius 3 is 2.88 bits per heavy atom. The molecule has 6 nitrogen and oxygen atoms in total. The molecule has 0 spiro atoms. The summed E-state index contributed by atoms with van der Waals surface area (Å²) < 4.78 is 10.8. The van der Waals surface area contributed by atoms with Gasteiger partial charge in [-0.1, -0.05) is 18.5 Å². The Hall–Kier alpha value is -1.37. The van der Waals surface area contributed by atoms with Crippen molar-refractivity contribution >= 4 is 17.5 Å². The Bertz CT molecular complexity index is 585. The maximum absolute atomic E-state index is 12.6. The van der Waals surface area contributed by atoms with E-state index in [0.29, 0.717) is 23.4 Å². The van der Waals surface area contributed by atoms with Crippen LogP contribution in [0.25, 0.3) is 0 Å². The summed E-state index contributed by atoms with van der Waals surface area (Å²) in [6.45, 7) is 11.1. The highest BCUT2D eigenvalue weighted by molar-refractivity contribution is 6.33. The predicted octanol–water partition coefficient (Wildman–Crippen LogP) is 3.00. The second-order valence-electron chi connectivity index (χ2n) is 6.61. The molecule has 1 aliphatic heterocycles. The average Bonchev–Trinajstić information content (AvgIpc) is 2.62. The number of ether oxygens (including phenoxy) is 2. The van der Waals surface area contributed by atoms with Crippen LogP contribution in [0.4, 0.5) is 0 Å². The fraction of sp³-hybridized carbons (Fsp3) is 0.684. The molecule has 2 heterocycles. The first-order valence-electron chi connectivity index (χ1n) is 9.45. The topological polar surface area (TPSA) is 63.7 Å². The van der Waals surface area contributed by atoms with Crippen LogP contribution in [0.1, 0.15) is 44.1 Å². The maximum atomic E-state index is 12.6. The van der Waals surface area contributed by atoms with Crippen molar-refractivity contribution in [1.82, 2.24) is 15.2 Å². The molecule has 1 fully saturated rings. The van der Waals surface area contributed by atoms with Crippen LogP contribution in [-0.4, -0.2) is 61.3 Å². The highest BCUT2D eigenvalue weighted by atomic mass is 35.5. The van der Waals surface area contributed by atoms with Crippen molar-refractivity contribution < 1.29 is 14.3 Å². The maximum Gasteiger partial charge on any atom is 0.271 e. The van der Waals surface area contributed by atoms with Gasteiger partial charge in [0, 0.05) is 45.0 Å². The Morgan fingerprint density at radius 2 is 2.19 bits per heavy atom. The normalized spacial score (nSPS) is 20.8. The van der Waals surface area contributed by atoms with E-state index >= 15 is 0 Å². The molecule has 0 aliphatic carbocycles. The second kappa shape index (κ2) is 10.7. The molecule has 146 valence electrons. The number of nitrogens with zero attached hydrogens (tertiary/aromatic N) is 2.